The highest BCUT2D eigenvalue weighted by Gasteiger charge is 2.07. The third-order valence-corrected chi connectivity index (χ3v) is 4.13. The number of rotatable bonds is 6. The van der Waals surface area contributed by atoms with Crippen molar-refractivity contribution < 1.29 is 9.59 Å². The molecule has 0 aliphatic carbocycles. The molecule has 0 radical (unpaired) electrons. The van der Waals surface area contributed by atoms with Crippen molar-refractivity contribution in [3.63, 3.8) is 0 Å². The topological polar surface area (TPSA) is 70.6 Å². The number of carbonyl (C=O) groups is 2. The number of amides is 2. The van der Waals surface area contributed by atoms with E-state index in [2.05, 4.69) is 15.8 Å². The molecule has 0 aliphatic rings. The summed E-state index contributed by atoms with van der Waals surface area (Å²) in [7, 11) is 0. The van der Waals surface area contributed by atoms with Crippen LogP contribution in [0.3, 0.4) is 0 Å². The van der Waals surface area contributed by atoms with Gasteiger partial charge in [0.1, 0.15) is 0 Å². The van der Waals surface area contributed by atoms with Gasteiger partial charge in [0.05, 0.1) is 12.1 Å². The molecular weight excluding hydrogens is 350 g/mol. The van der Waals surface area contributed by atoms with Crippen molar-refractivity contribution in [2.75, 3.05) is 5.32 Å². The summed E-state index contributed by atoms with van der Waals surface area (Å²) in [6.45, 7) is 1.81. The van der Waals surface area contributed by atoms with Crippen LogP contribution in [0.5, 0.6) is 0 Å². The third-order valence-electron chi connectivity index (χ3n) is 4.13. The maximum Gasteiger partial charge on any atom is 0.255 e. The van der Waals surface area contributed by atoms with E-state index in [9.17, 15) is 9.59 Å². The fourth-order valence-electron chi connectivity index (χ4n) is 2.65. The quantitative estimate of drug-likeness (QED) is 0.507. The highest BCUT2D eigenvalue weighted by atomic mass is 16.2. The van der Waals surface area contributed by atoms with Gasteiger partial charge in [-0.15, -0.1) is 0 Å². The highest BCUT2D eigenvalue weighted by molar-refractivity contribution is 6.05. The van der Waals surface area contributed by atoms with E-state index < -0.39 is 0 Å². The minimum atomic E-state index is -0.181. The van der Waals surface area contributed by atoms with E-state index >= 15 is 0 Å². The Labute approximate surface area is 164 Å². The first-order valence-corrected chi connectivity index (χ1v) is 8.96. The average Bonchev–Trinajstić information content (AvgIpc) is 2.73. The lowest BCUT2D eigenvalue weighted by Gasteiger charge is -2.08. The summed E-state index contributed by atoms with van der Waals surface area (Å²) in [5, 5.41) is 7.04. The summed E-state index contributed by atoms with van der Waals surface area (Å²) in [6.07, 6.45) is 0.269. The van der Waals surface area contributed by atoms with E-state index in [4.69, 9.17) is 0 Å². The van der Waals surface area contributed by atoms with Crippen LogP contribution in [-0.4, -0.2) is 17.5 Å². The lowest BCUT2D eigenvalue weighted by Crippen LogP contribution is -2.21. The smallest absolute Gasteiger partial charge is 0.255 e. The van der Waals surface area contributed by atoms with Crippen molar-refractivity contribution in [3.05, 3.63) is 102 Å². The molecule has 5 heteroatoms. The second kappa shape index (κ2) is 9.28. The normalized spacial score (nSPS) is 11.0. The van der Waals surface area contributed by atoms with Gasteiger partial charge in [-0.2, -0.15) is 5.10 Å². The van der Waals surface area contributed by atoms with Crippen LogP contribution < -0.4 is 10.7 Å². The molecule has 0 fully saturated rings. The Bertz CT molecular complexity index is 983. The van der Waals surface area contributed by atoms with Crippen LogP contribution >= 0.6 is 0 Å². The Hall–Kier alpha value is -3.73. The van der Waals surface area contributed by atoms with Crippen LogP contribution in [0, 0.1) is 0 Å². The van der Waals surface area contributed by atoms with Crippen molar-refractivity contribution in [1.82, 2.24) is 5.43 Å². The summed E-state index contributed by atoms with van der Waals surface area (Å²) < 4.78 is 0. The van der Waals surface area contributed by atoms with Crippen LogP contribution in [0.15, 0.2) is 90.0 Å². The minimum absolute atomic E-state index is 0.177. The van der Waals surface area contributed by atoms with Crippen LogP contribution in [0.25, 0.3) is 0 Å². The van der Waals surface area contributed by atoms with E-state index in [1.54, 1.807) is 19.1 Å². The molecule has 0 aliphatic heterocycles. The molecule has 0 spiro atoms. The summed E-state index contributed by atoms with van der Waals surface area (Å²) in [6, 6.07) is 25.9. The molecule has 5 nitrogen and oxygen atoms in total. The number of anilines is 1. The second-order valence-corrected chi connectivity index (χ2v) is 6.30. The van der Waals surface area contributed by atoms with Gasteiger partial charge < -0.3 is 5.32 Å². The van der Waals surface area contributed by atoms with Crippen LogP contribution in [0.1, 0.15) is 28.4 Å². The SMILES string of the molecule is C/C(=N/NC(=O)Cc1ccccc1)c1cccc(NC(=O)c2ccccc2)c1. The van der Waals surface area contributed by atoms with Gasteiger partial charge in [-0.1, -0.05) is 60.7 Å². The Morgan fingerprint density at radius 3 is 2.18 bits per heavy atom. The van der Waals surface area contributed by atoms with Crippen LogP contribution in [0.2, 0.25) is 0 Å². The minimum Gasteiger partial charge on any atom is -0.322 e. The highest BCUT2D eigenvalue weighted by Crippen LogP contribution is 2.13. The Morgan fingerprint density at radius 2 is 1.46 bits per heavy atom. The predicted octanol–water partition coefficient (Wildman–Crippen LogP) is 4.02. The fourth-order valence-corrected chi connectivity index (χ4v) is 2.65. The number of nitrogens with zero attached hydrogens (tertiary/aromatic N) is 1. The molecular formula is C23H21N3O2. The van der Waals surface area contributed by atoms with Crippen LogP contribution in [0.4, 0.5) is 5.69 Å². The molecule has 3 rings (SSSR count). The first kappa shape index (κ1) is 19.0. The molecule has 0 atom stereocenters. The number of hydrazone groups is 1. The van der Waals surface area contributed by atoms with Crippen molar-refractivity contribution in [2.24, 2.45) is 5.10 Å². The van der Waals surface area contributed by atoms with Gasteiger partial charge in [0.15, 0.2) is 0 Å². The number of carbonyl (C=O) groups excluding carboxylic acids is 2. The molecule has 140 valence electrons. The molecule has 2 N–H and O–H groups in total. The van der Waals surface area contributed by atoms with Crippen molar-refractivity contribution in [2.45, 2.75) is 13.3 Å². The van der Waals surface area contributed by atoms with Gasteiger partial charge in [-0.25, -0.2) is 5.43 Å². The van der Waals surface area contributed by atoms with Crippen LogP contribution in [-0.2, 0) is 11.2 Å². The van der Waals surface area contributed by atoms with E-state index in [1.807, 2.05) is 72.8 Å². The lowest BCUT2D eigenvalue weighted by molar-refractivity contribution is -0.120. The number of hydrogen-bond acceptors (Lipinski definition) is 3. The molecule has 3 aromatic rings. The number of benzene rings is 3. The van der Waals surface area contributed by atoms with E-state index in [-0.39, 0.29) is 18.2 Å². The molecule has 28 heavy (non-hydrogen) atoms. The van der Waals surface area contributed by atoms with E-state index in [1.165, 1.54) is 0 Å². The van der Waals surface area contributed by atoms with E-state index in [0.29, 0.717) is 17.0 Å². The molecule has 0 aromatic heterocycles. The summed E-state index contributed by atoms with van der Waals surface area (Å²) in [5.41, 5.74) is 6.22. The summed E-state index contributed by atoms with van der Waals surface area (Å²) in [5.74, 6) is -0.359. The van der Waals surface area contributed by atoms with Gasteiger partial charge in [-0.05, 0) is 42.3 Å². The van der Waals surface area contributed by atoms with Crippen molar-refractivity contribution in [3.8, 4) is 0 Å². The molecule has 0 unspecified atom stereocenters. The van der Waals surface area contributed by atoms with Gasteiger partial charge in [-0.3, -0.25) is 9.59 Å². The second-order valence-electron chi connectivity index (χ2n) is 6.30. The molecule has 0 heterocycles. The maximum absolute atomic E-state index is 12.3. The lowest BCUT2D eigenvalue weighted by atomic mass is 10.1. The van der Waals surface area contributed by atoms with Gasteiger partial charge >= 0.3 is 0 Å². The summed E-state index contributed by atoms with van der Waals surface area (Å²) >= 11 is 0. The van der Waals surface area contributed by atoms with Gasteiger partial charge in [0.25, 0.3) is 5.91 Å². The Kier molecular flexibility index (Phi) is 6.31. The predicted molar refractivity (Wildman–Crippen MR) is 111 cm³/mol. The fraction of sp³-hybridized carbons (Fsp3) is 0.0870. The van der Waals surface area contributed by atoms with Crippen molar-refractivity contribution >= 4 is 23.2 Å². The maximum atomic E-state index is 12.3. The Morgan fingerprint density at radius 1 is 0.821 bits per heavy atom. The largest absolute Gasteiger partial charge is 0.322 e. The van der Waals surface area contributed by atoms with Gasteiger partial charge in [0, 0.05) is 11.3 Å². The molecule has 3 aromatic carbocycles. The van der Waals surface area contributed by atoms with Gasteiger partial charge in [0.2, 0.25) is 5.91 Å². The first-order chi connectivity index (χ1) is 13.6. The first-order valence-electron chi connectivity index (χ1n) is 8.96. The van der Waals surface area contributed by atoms with Crippen molar-refractivity contribution in [1.29, 1.82) is 0 Å². The Balaban J connectivity index is 1.63. The standard InChI is InChI=1S/C23H21N3O2/c1-17(25-26-22(27)15-18-9-4-2-5-10-18)20-13-8-14-21(16-20)24-23(28)19-11-6-3-7-12-19/h2-14,16H,15H2,1H3,(H,24,28)(H,26,27)/b25-17-. The number of hydrogen-bond donors (Lipinski definition) is 2. The molecule has 0 saturated heterocycles. The zero-order valence-electron chi connectivity index (χ0n) is 15.6. The zero-order chi connectivity index (χ0) is 19.8. The van der Waals surface area contributed by atoms with E-state index in [0.717, 1.165) is 11.1 Å². The average molecular weight is 371 g/mol. The molecule has 0 saturated carbocycles. The number of nitrogens with one attached hydrogen (secondary N) is 2. The molecule has 0 bridgehead atoms. The molecule has 2 amide bonds. The summed E-state index contributed by atoms with van der Waals surface area (Å²) in [4.78, 5) is 24.3. The zero-order valence-corrected chi connectivity index (χ0v) is 15.6. The monoisotopic (exact) mass is 371 g/mol. The third kappa shape index (κ3) is 5.38.